The van der Waals surface area contributed by atoms with E-state index < -0.39 is 0 Å². The number of carbonyl (C=O) groups excluding carboxylic acids is 1. The molecule has 1 aliphatic rings. The summed E-state index contributed by atoms with van der Waals surface area (Å²) in [7, 11) is 0. The van der Waals surface area contributed by atoms with E-state index >= 15 is 0 Å². The molecule has 0 N–H and O–H groups in total. The number of hydrogen-bond acceptors (Lipinski definition) is 2. The molecule has 0 aliphatic heterocycles. The van der Waals surface area contributed by atoms with Gasteiger partial charge in [-0.05, 0) is 39.8 Å². The van der Waals surface area contributed by atoms with Gasteiger partial charge in [0.25, 0.3) is 0 Å². The Bertz CT molecular complexity index is 908. The zero-order valence-corrected chi connectivity index (χ0v) is 12.6. The highest BCUT2D eigenvalue weighted by atomic mass is 16.1. The molecule has 0 bridgehead atoms. The minimum Gasteiger partial charge on any atom is -0.211 e. The van der Waals surface area contributed by atoms with Crippen molar-refractivity contribution in [3.8, 4) is 11.1 Å². The highest BCUT2D eigenvalue weighted by Gasteiger charge is 2.24. The number of nitrogens with zero attached hydrogens (tertiary/aromatic N) is 1. The highest BCUT2D eigenvalue weighted by molar-refractivity contribution is 5.78. The summed E-state index contributed by atoms with van der Waals surface area (Å²) in [5, 5.41) is 0. The van der Waals surface area contributed by atoms with E-state index in [4.69, 9.17) is 0 Å². The minimum atomic E-state index is -0.294. The summed E-state index contributed by atoms with van der Waals surface area (Å²) in [6, 6.07) is 24.4. The largest absolute Gasteiger partial charge is 0.235 e. The lowest BCUT2D eigenvalue weighted by atomic mass is 9.92. The number of benzene rings is 3. The second-order valence-corrected chi connectivity index (χ2v) is 5.74. The molecule has 0 saturated heterocycles. The maximum absolute atomic E-state index is 11.0. The molecule has 1 atom stereocenters. The number of aliphatic imine (C=N–C) groups is 1. The first kappa shape index (κ1) is 13.7. The number of rotatable bonds is 3. The third kappa shape index (κ3) is 2.30. The molecule has 0 spiro atoms. The van der Waals surface area contributed by atoms with Gasteiger partial charge in [-0.1, -0.05) is 72.8 Å². The zero-order valence-electron chi connectivity index (χ0n) is 12.6. The number of fused-ring (bicyclic) bond motifs is 3. The third-order valence-electron chi connectivity index (χ3n) is 4.48. The van der Waals surface area contributed by atoms with Gasteiger partial charge in [0.1, 0.15) is 6.04 Å². The fourth-order valence-electron chi connectivity index (χ4n) is 3.45. The summed E-state index contributed by atoms with van der Waals surface area (Å²) >= 11 is 0. The molecule has 3 aromatic rings. The van der Waals surface area contributed by atoms with Crippen LogP contribution >= 0.6 is 0 Å². The summed E-state index contributed by atoms with van der Waals surface area (Å²) in [6.07, 6.45) is 2.64. The van der Waals surface area contributed by atoms with Crippen molar-refractivity contribution in [1.29, 1.82) is 0 Å². The molecule has 3 aromatic carbocycles. The summed E-state index contributed by atoms with van der Waals surface area (Å²) in [4.78, 5) is 15.1. The van der Waals surface area contributed by atoms with Crippen molar-refractivity contribution in [2.45, 2.75) is 12.5 Å². The topological polar surface area (TPSA) is 29.4 Å². The van der Waals surface area contributed by atoms with Crippen molar-refractivity contribution < 1.29 is 4.79 Å². The van der Waals surface area contributed by atoms with Gasteiger partial charge in [0.15, 0.2) is 0 Å². The van der Waals surface area contributed by atoms with E-state index in [1.54, 1.807) is 6.08 Å². The van der Waals surface area contributed by atoms with E-state index in [0.717, 1.165) is 17.5 Å². The molecule has 0 saturated carbocycles. The van der Waals surface area contributed by atoms with Crippen molar-refractivity contribution in [1.82, 2.24) is 0 Å². The number of hydrogen-bond donors (Lipinski definition) is 0. The van der Waals surface area contributed by atoms with Crippen LogP contribution in [0.25, 0.3) is 11.1 Å². The third-order valence-corrected chi connectivity index (χ3v) is 4.48. The van der Waals surface area contributed by atoms with Crippen LogP contribution in [0.5, 0.6) is 0 Å². The average Bonchev–Trinajstić information content (AvgIpc) is 2.99. The Balaban J connectivity index is 1.89. The molecular weight excluding hydrogens is 282 g/mol. The Morgan fingerprint density at radius 3 is 2.39 bits per heavy atom. The monoisotopic (exact) mass is 297 g/mol. The Morgan fingerprint density at radius 2 is 1.57 bits per heavy atom. The lowest BCUT2D eigenvalue weighted by Crippen LogP contribution is -2.02. The molecule has 110 valence electrons. The molecule has 0 heterocycles. The van der Waals surface area contributed by atoms with Gasteiger partial charge in [0.2, 0.25) is 6.08 Å². The highest BCUT2D eigenvalue weighted by Crippen LogP contribution is 2.41. The lowest BCUT2D eigenvalue weighted by molar-refractivity contribution is 0.560. The van der Waals surface area contributed by atoms with Crippen molar-refractivity contribution in [2.24, 2.45) is 4.99 Å². The van der Waals surface area contributed by atoms with Crippen LogP contribution in [0.1, 0.15) is 28.3 Å². The van der Waals surface area contributed by atoms with Gasteiger partial charge in [0, 0.05) is 0 Å². The second kappa shape index (κ2) is 5.68. The molecule has 4 rings (SSSR count). The first-order valence-corrected chi connectivity index (χ1v) is 7.70. The van der Waals surface area contributed by atoms with Crippen LogP contribution < -0.4 is 0 Å². The molecule has 0 radical (unpaired) electrons. The van der Waals surface area contributed by atoms with Gasteiger partial charge in [-0.25, -0.2) is 4.79 Å². The fourth-order valence-corrected chi connectivity index (χ4v) is 3.45. The van der Waals surface area contributed by atoms with Crippen molar-refractivity contribution in [2.75, 3.05) is 0 Å². The van der Waals surface area contributed by atoms with Crippen LogP contribution in [0.4, 0.5) is 0 Å². The van der Waals surface area contributed by atoms with Gasteiger partial charge in [-0.3, -0.25) is 0 Å². The maximum atomic E-state index is 11.0. The molecular formula is C21H15NO. The van der Waals surface area contributed by atoms with Crippen molar-refractivity contribution >= 4 is 6.08 Å². The van der Waals surface area contributed by atoms with Crippen LogP contribution in [-0.2, 0) is 11.2 Å². The zero-order chi connectivity index (χ0) is 15.6. The van der Waals surface area contributed by atoms with Crippen molar-refractivity contribution in [3.63, 3.8) is 0 Å². The van der Waals surface area contributed by atoms with Gasteiger partial charge in [-0.15, -0.1) is 0 Å². The smallest absolute Gasteiger partial charge is 0.211 e. The van der Waals surface area contributed by atoms with Gasteiger partial charge >= 0.3 is 0 Å². The lowest BCUT2D eigenvalue weighted by Gasteiger charge is -2.16. The first-order valence-electron chi connectivity index (χ1n) is 7.70. The predicted molar refractivity (Wildman–Crippen MR) is 91.1 cm³/mol. The standard InChI is InChI=1S/C21H15NO/c23-14-22-21(15-7-2-1-3-8-15)19-12-6-11-18-17-10-5-4-9-16(17)13-20(18)19/h1-12,21H,13H2. The van der Waals surface area contributed by atoms with Crippen LogP contribution in [0.3, 0.4) is 0 Å². The Kier molecular flexibility index (Phi) is 3.38. The molecule has 1 aliphatic carbocycles. The maximum Gasteiger partial charge on any atom is 0.235 e. The summed E-state index contributed by atoms with van der Waals surface area (Å²) in [5.74, 6) is 0. The van der Waals surface area contributed by atoms with E-state index in [1.165, 1.54) is 22.3 Å². The van der Waals surface area contributed by atoms with Crippen molar-refractivity contribution in [3.05, 3.63) is 95.1 Å². The van der Waals surface area contributed by atoms with E-state index in [0.29, 0.717) is 0 Å². The van der Waals surface area contributed by atoms with E-state index in [2.05, 4.69) is 41.4 Å². The average molecular weight is 297 g/mol. The molecule has 1 unspecified atom stereocenters. The SMILES string of the molecule is O=C=NC(c1ccccc1)c1cccc2c1Cc1ccccc1-2. The van der Waals surface area contributed by atoms with Gasteiger partial charge in [0.05, 0.1) is 0 Å². The summed E-state index contributed by atoms with van der Waals surface area (Å²) in [6.45, 7) is 0. The van der Waals surface area contributed by atoms with Crippen LogP contribution in [0, 0.1) is 0 Å². The van der Waals surface area contributed by atoms with E-state index in [1.807, 2.05) is 36.4 Å². The predicted octanol–water partition coefficient (Wildman–Crippen LogP) is 4.68. The second-order valence-electron chi connectivity index (χ2n) is 5.74. The molecule has 0 fully saturated rings. The quantitative estimate of drug-likeness (QED) is 0.398. The summed E-state index contributed by atoms with van der Waals surface area (Å²) in [5.41, 5.74) is 7.23. The van der Waals surface area contributed by atoms with Gasteiger partial charge in [-0.2, -0.15) is 4.99 Å². The normalized spacial score (nSPS) is 12.9. The van der Waals surface area contributed by atoms with E-state index in [-0.39, 0.29) is 6.04 Å². The van der Waals surface area contributed by atoms with Crippen LogP contribution in [-0.4, -0.2) is 6.08 Å². The Hall–Kier alpha value is -2.96. The molecule has 2 heteroatoms. The van der Waals surface area contributed by atoms with Crippen LogP contribution in [0.15, 0.2) is 77.8 Å². The Morgan fingerprint density at radius 1 is 0.826 bits per heavy atom. The van der Waals surface area contributed by atoms with Crippen LogP contribution in [0.2, 0.25) is 0 Å². The van der Waals surface area contributed by atoms with E-state index in [9.17, 15) is 4.79 Å². The fraction of sp³-hybridized carbons (Fsp3) is 0.0952. The first-order chi connectivity index (χ1) is 11.4. The molecule has 0 aromatic heterocycles. The number of isocyanates is 1. The molecule has 23 heavy (non-hydrogen) atoms. The molecule has 0 amide bonds. The Labute approximate surface area is 135 Å². The molecule has 2 nitrogen and oxygen atoms in total. The summed E-state index contributed by atoms with van der Waals surface area (Å²) < 4.78 is 0. The minimum absolute atomic E-state index is 0.294. The van der Waals surface area contributed by atoms with Gasteiger partial charge < -0.3 is 0 Å².